The standard InChI is InChI=1S/C13H11N3O2/c14-9-10-4-5-12(11-3-1-2-6-15-11)16(7-8-17)13(10)18/h1-6,17H,7-8H2. The molecule has 0 aliphatic heterocycles. The third-order valence-electron chi connectivity index (χ3n) is 2.55. The Morgan fingerprint density at radius 1 is 1.33 bits per heavy atom. The van der Waals surface area contributed by atoms with Gasteiger partial charge >= 0.3 is 0 Å². The molecule has 18 heavy (non-hydrogen) atoms. The molecule has 0 saturated carbocycles. The van der Waals surface area contributed by atoms with Gasteiger partial charge in [-0.3, -0.25) is 9.78 Å². The molecule has 2 rings (SSSR count). The molecule has 2 aromatic heterocycles. The van der Waals surface area contributed by atoms with Crippen molar-refractivity contribution in [3.8, 4) is 17.5 Å². The normalized spacial score (nSPS) is 10.0. The summed E-state index contributed by atoms with van der Waals surface area (Å²) in [5.41, 5.74) is 0.874. The second-order valence-electron chi connectivity index (χ2n) is 3.64. The van der Waals surface area contributed by atoms with Crippen LogP contribution in [0.15, 0.2) is 41.3 Å². The summed E-state index contributed by atoms with van der Waals surface area (Å²) in [6.45, 7) is -0.0329. The lowest BCUT2D eigenvalue weighted by Gasteiger charge is -2.11. The summed E-state index contributed by atoms with van der Waals surface area (Å²) in [6.07, 6.45) is 1.63. The molecule has 0 atom stereocenters. The molecule has 0 unspecified atom stereocenters. The van der Waals surface area contributed by atoms with Crippen molar-refractivity contribution in [1.82, 2.24) is 9.55 Å². The largest absolute Gasteiger partial charge is 0.395 e. The highest BCUT2D eigenvalue weighted by Gasteiger charge is 2.10. The quantitative estimate of drug-likeness (QED) is 0.861. The van der Waals surface area contributed by atoms with Crippen molar-refractivity contribution in [1.29, 1.82) is 5.26 Å². The summed E-state index contributed by atoms with van der Waals surface area (Å²) >= 11 is 0. The SMILES string of the molecule is N#Cc1ccc(-c2ccccn2)n(CCO)c1=O. The zero-order chi connectivity index (χ0) is 13.0. The summed E-state index contributed by atoms with van der Waals surface area (Å²) in [5, 5.41) is 17.8. The van der Waals surface area contributed by atoms with Crippen LogP contribution in [0, 0.1) is 11.3 Å². The van der Waals surface area contributed by atoms with Gasteiger partial charge in [0.05, 0.1) is 18.0 Å². The average Bonchev–Trinajstić information content (AvgIpc) is 2.42. The summed E-state index contributed by atoms with van der Waals surface area (Å²) in [4.78, 5) is 16.1. The Kier molecular flexibility index (Phi) is 3.51. The van der Waals surface area contributed by atoms with Crippen LogP contribution in [0.4, 0.5) is 0 Å². The predicted octanol–water partition coefficient (Wildman–Crippen LogP) is 0.774. The van der Waals surface area contributed by atoms with E-state index in [-0.39, 0.29) is 18.7 Å². The number of aliphatic hydroxyl groups is 1. The first-order valence-corrected chi connectivity index (χ1v) is 5.44. The molecular weight excluding hydrogens is 230 g/mol. The van der Waals surface area contributed by atoms with Gasteiger partial charge in [-0.05, 0) is 24.3 Å². The van der Waals surface area contributed by atoms with Crippen LogP contribution >= 0.6 is 0 Å². The number of aliphatic hydroxyl groups excluding tert-OH is 1. The fourth-order valence-electron chi connectivity index (χ4n) is 1.72. The van der Waals surface area contributed by atoms with E-state index in [0.717, 1.165) is 0 Å². The molecule has 5 nitrogen and oxygen atoms in total. The smallest absolute Gasteiger partial charge is 0.269 e. The van der Waals surface area contributed by atoms with Crippen molar-refractivity contribution in [2.45, 2.75) is 6.54 Å². The summed E-state index contributed by atoms with van der Waals surface area (Å²) in [5.74, 6) is 0. The van der Waals surface area contributed by atoms with Gasteiger partial charge in [0.25, 0.3) is 5.56 Å². The van der Waals surface area contributed by atoms with Crippen molar-refractivity contribution in [2.75, 3.05) is 6.61 Å². The fourth-order valence-corrected chi connectivity index (χ4v) is 1.72. The van der Waals surface area contributed by atoms with E-state index in [1.165, 1.54) is 10.6 Å². The topological polar surface area (TPSA) is 78.9 Å². The van der Waals surface area contributed by atoms with Crippen LogP contribution in [0.25, 0.3) is 11.4 Å². The van der Waals surface area contributed by atoms with Crippen LogP contribution in [0.1, 0.15) is 5.56 Å². The van der Waals surface area contributed by atoms with Crippen molar-refractivity contribution in [3.63, 3.8) is 0 Å². The van der Waals surface area contributed by atoms with E-state index in [4.69, 9.17) is 10.4 Å². The van der Waals surface area contributed by atoms with Crippen molar-refractivity contribution >= 4 is 0 Å². The molecule has 1 N–H and O–H groups in total. The number of rotatable bonds is 3. The Balaban J connectivity index is 2.66. The Morgan fingerprint density at radius 2 is 2.17 bits per heavy atom. The van der Waals surface area contributed by atoms with Gasteiger partial charge in [0, 0.05) is 12.7 Å². The Labute approximate surface area is 104 Å². The van der Waals surface area contributed by atoms with E-state index in [0.29, 0.717) is 11.4 Å². The van der Waals surface area contributed by atoms with Crippen LogP contribution in [0.3, 0.4) is 0 Å². The van der Waals surface area contributed by atoms with Crippen LogP contribution in [0.5, 0.6) is 0 Å². The predicted molar refractivity (Wildman–Crippen MR) is 65.7 cm³/mol. The molecule has 0 saturated heterocycles. The maximum Gasteiger partial charge on any atom is 0.269 e. The van der Waals surface area contributed by atoms with Gasteiger partial charge in [-0.15, -0.1) is 0 Å². The summed E-state index contributed by atoms with van der Waals surface area (Å²) < 4.78 is 1.36. The number of pyridine rings is 2. The third kappa shape index (κ3) is 2.14. The first-order chi connectivity index (χ1) is 8.77. The molecule has 0 amide bonds. The molecule has 0 bridgehead atoms. The molecule has 0 fully saturated rings. The average molecular weight is 241 g/mol. The second kappa shape index (κ2) is 5.25. The highest BCUT2D eigenvalue weighted by Crippen LogP contribution is 2.14. The second-order valence-corrected chi connectivity index (χ2v) is 3.64. The van der Waals surface area contributed by atoms with Gasteiger partial charge < -0.3 is 9.67 Å². The van der Waals surface area contributed by atoms with E-state index in [2.05, 4.69) is 4.98 Å². The molecule has 0 spiro atoms. The van der Waals surface area contributed by atoms with Gasteiger partial charge in [-0.2, -0.15) is 5.26 Å². The van der Waals surface area contributed by atoms with Gasteiger partial charge in [0.1, 0.15) is 11.6 Å². The number of aromatic nitrogens is 2. The number of hydrogen-bond donors (Lipinski definition) is 1. The molecule has 2 aromatic rings. The van der Waals surface area contributed by atoms with E-state index < -0.39 is 5.56 Å². The lowest BCUT2D eigenvalue weighted by molar-refractivity contribution is 0.275. The molecule has 2 heterocycles. The monoisotopic (exact) mass is 241 g/mol. The Hall–Kier alpha value is -2.45. The highest BCUT2D eigenvalue weighted by molar-refractivity contribution is 5.55. The maximum absolute atomic E-state index is 12.0. The van der Waals surface area contributed by atoms with Crippen LogP contribution in [-0.4, -0.2) is 21.3 Å². The van der Waals surface area contributed by atoms with Crippen molar-refractivity contribution < 1.29 is 5.11 Å². The summed E-state index contributed by atoms with van der Waals surface area (Å²) in [7, 11) is 0. The van der Waals surface area contributed by atoms with Gasteiger partial charge in [-0.25, -0.2) is 0 Å². The van der Waals surface area contributed by atoms with E-state index in [9.17, 15) is 4.79 Å². The van der Waals surface area contributed by atoms with Crippen LogP contribution in [0.2, 0.25) is 0 Å². The van der Waals surface area contributed by atoms with E-state index >= 15 is 0 Å². The van der Waals surface area contributed by atoms with Crippen LogP contribution < -0.4 is 5.56 Å². The summed E-state index contributed by atoms with van der Waals surface area (Å²) in [6, 6.07) is 10.3. The zero-order valence-electron chi connectivity index (χ0n) is 9.58. The van der Waals surface area contributed by atoms with Crippen molar-refractivity contribution in [3.05, 3.63) is 52.4 Å². The first-order valence-electron chi connectivity index (χ1n) is 5.44. The van der Waals surface area contributed by atoms with Gasteiger partial charge in [0.2, 0.25) is 0 Å². The minimum Gasteiger partial charge on any atom is -0.395 e. The molecule has 5 heteroatoms. The minimum atomic E-state index is -0.408. The number of nitrogens with zero attached hydrogens (tertiary/aromatic N) is 3. The van der Waals surface area contributed by atoms with Crippen LogP contribution in [-0.2, 0) is 6.54 Å². The minimum absolute atomic E-state index is 0.0585. The van der Waals surface area contributed by atoms with E-state index in [1.54, 1.807) is 24.4 Å². The lowest BCUT2D eigenvalue weighted by Crippen LogP contribution is -2.25. The molecular formula is C13H11N3O2. The maximum atomic E-state index is 12.0. The third-order valence-corrected chi connectivity index (χ3v) is 2.55. The number of hydrogen-bond acceptors (Lipinski definition) is 4. The Morgan fingerprint density at radius 3 is 2.78 bits per heavy atom. The van der Waals surface area contributed by atoms with Gasteiger partial charge in [-0.1, -0.05) is 6.07 Å². The molecule has 90 valence electrons. The molecule has 0 aromatic carbocycles. The van der Waals surface area contributed by atoms with Crippen molar-refractivity contribution in [2.24, 2.45) is 0 Å². The fraction of sp³-hybridized carbons (Fsp3) is 0.154. The molecule has 0 radical (unpaired) electrons. The first kappa shape index (κ1) is 12.0. The van der Waals surface area contributed by atoms with Gasteiger partial charge in [0.15, 0.2) is 0 Å². The zero-order valence-corrected chi connectivity index (χ0v) is 9.58. The Bertz CT molecular complexity index is 642. The molecule has 0 aliphatic carbocycles. The highest BCUT2D eigenvalue weighted by atomic mass is 16.3. The lowest BCUT2D eigenvalue weighted by atomic mass is 10.2. The molecule has 0 aliphatic rings. The van der Waals surface area contributed by atoms with E-state index in [1.807, 2.05) is 12.1 Å². The number of nitriles is 1.